The second-order valence-corrected chi connectivity index (χ2v) is 3.98. The van der Waals surface area contributed by atoms with Gasteiger partial charge in [-0.05, 0) is 26.8 Å². The molecule has 3 nitrogen and oxygen atoms in total. The molecule has 0 aliphatic carbocycles. The predicted octanol–water partition coefficient (Wildman–Crippen LogP) is 2.18. The number of nitrogens with one attached hydrogen (secondary N) is 1. The molecule has 1 atom stereocenters. The van der Waals surface area contributed by atoms with E-state index in [4.69, 9.17) is 0 Å². The maximum Gasteiger partial charge on any atom is 0.0641 e. The van der Waals surface area contributed by atoms with E-state index in [1.54, 1.807) is 0 Å². The Kier molecular flexibility index (Phi) is 5.07. The van der Waals surface area contributed by atoms with Crippen molar-refractivity contribution in [2.24, 2.45) is 7.05 Å². The molecule has 0 saturated heterocycles. The fraction of sp³-hybridized carbons (Fsp3) is 0.615. The van der Waals surface area contributed by atoms with E-state index in [0.717, 1.165) is 25.1 Å². The molecule has 0 radical (unpaired) electrons. The predicted molar refractivity (Wildman–Crippen MR) is 67.0 cm³/mol. The molecule has 0 amide bonds. The van der Waals surface area contributed by atoms with Crippen LogP contribution in [0, 0.1) is 18.8 Å². The summed E-state index contributed by atoms with van der Waals surface area (Å²) in [5.41, 5.74) is 2.35. The van der Waals surface area contributed by atoms with Gasteiger partial charge in [-0.25, -0.2) is 0 Å². The Balaban J connectivity index is 2.80. The molecule has 1 rings (SSSR count). The summed E-state index contributed by atoms with van der Waals surface area (Å²) in [6, 6.07) is 0.307. The minimum absolute atomic E-state index is 0.307. The zero-order valence-electron chi connectivity index (χ0n) is 10.7. The molecule has 0 saturated carbocycles. The molecular formula is C13H21N3. The van der Waals surface area contributed by atoms with Crippen LogP contribution in [0.4, 0.5) is 0 Å². The van der Waals surface area contributed by atoms with E-state index in [2.05, 4.69) is 42.3 Å². The Morgan fingerprint density at radius 3 is 2.81 bits per heavy atom. The smallest absolute Gasteiger partial charge is 0.0641 e. The van der Waals surface area contributed by atoms with Crippen molar-refractivity contribution in [3.8, 4) is 11.8 Å². The summed E-state index contributed by atoms with van der Waals surface area (Å²) in [4.78, 5) is 0. The van der Waals surface area contributed by atoms with Crippen molar-refractivity contribution >= 4 is 0 Å². The standard InChI is InChI=1S/C13H21N3/c1-5-7-8-13(14-9-6-2)12-10-16(4)15-11(12)3/h10,13-14H,6,8-9H2,1-4H3. The first-order chi connectivity index (χ1) is 7.69. The third kappa shape index (κ3) is 3.39. The minimum atomic E-state index is 0.307. The molecule has 1 aromatic heterocycles. The lowest BCUT2D eigenvalue weighted by molar-refractivity contribution is 0.540. The summed E-state index contributed by atoms with van der Waals surface area (Å²) in [5.74, 6) is 6.10. The Labute approximate surface area is 98.2 Å². The molecule has 3 heteroatoms. The van der Waals surface area contributed by atoms with Gasteiger partial charge in [0.1, 0.15) is 0 Å². The maximum atomic E-state index is 4.38. The second kappa shape index (κ2) is 6.34. The van der Waals surface area contributed by atoms with Crippen LogP contribution in [0.25, 0.3) is 0 Å². The van der Waals surface area contributed by atoms with Crippen molar-refractivity contribution in [1.29, 1.82) is 0 Å². The van der Waals surface area contributed by atoms with Crippen molar-refractivity contribution in [3.63, 3.8) is 0 Å². The van der Waals surface area contributed by atoms with Gasteiger partial charge in [0.2, 0.25) is 0 Å². The van der Waals surface area contributed by atoms with Crippen LogP contribution >= 0.6 is 0 Å². The van der Waals surface area contributed by atoms with Gasteiger partial charge in [-0.3, -0.25) is 4.68 Å². The first kappa shape index (κ1) is 12.8. The van der Waals surface area contributed by atoms with Gasteiger partial charge in [0.15, 0.2) is 0 Å². The van der Waals surface area contributed by atoms with Gasteiger partial charge in [0, 0.05) is 31.3 Å². The Bertz CT molecular complexity index is 382. The van der Waals surface area contributed by atoms with E-state index in [0.29, 0.717) is 6.04 Å². The molecule has 88 valence electrons. The van der Waals surface area contributed by atoms with Crippen molar-refractivity contribution in [2.45, 2.75) is 39.7 Å². The van der Waals surface area contributed by atoms with Crippen LogP contribution in [-0.2, 0) is 7.05 Å². The summed E-state index contributed by atoms with van der Waals surface area (Å²) in [6.07, 6.45) is 4.07. The van der Waals surface area contributed by atoms with E-state index in [9.17, 15) is 0 Å². The highest BCUT2D eigenvalue weighted by atomic mass is 15.3. The second-order valence-electron chi connectivity index (χ2n) is 3.98. The maximum absolute atomic E-state index is 4.38. The molecule has 1 heterocycles. The lowest BCUT2D eigenvalue weighted by atomic mass is 10.1. The van der Waals surface area contributed by atoms with Crippen molar-refractivity contribution < 1.29 is 0 Å². The first-order valence-electron chi connectivity index (χ1n) is 5.82. The molecule has 0 bridgehead atoms. The van der Waals surface area contributed by atoms with Gasteiger partial charge in [0.25, 0.3) is 0 Å². The SMILES string of the molecule is CC#CCC(NCCC)c1cn(C)nc1C. The van der Waals surface area contributed by atoms with Crippen LogP contribution in [0.3, 0.4) is 0 Å². The minimum Gasteiger partial charge on any atom is -0.309 e. The molecular weight excluding hydrogens is 198 g/mol. The number of aromatic nitrogens is 2. The van der Waals surface area contributed by atoms with E-state index in [1.165, 1.54) is 5.56 Å². The average molecular weight is 219 g/mol. The molecule has 1 unspecified atom stereocenters. The molecule has 0 spiro atoms. The lowest BCUT2D eigenvalue weighted by Crippen LogP contribution is -2.22. The number of hydrogen-bond donors (Lipinski definition) is 1. The highest BCUT2D eigenvalue weighted by molar-refractivity contribution is 5.22. The summed E-state index contributed by atoms with van der Waals surface area (Å²) in [7, 11) is 1.96. The van der Waals surface area contributed by atoms with Gasteiger partial charge < -0.3 is 5.32 Å². The number of aryl methyl sites for hydroxylation is 2. The molecule has 16 heavy (non-hydrogen) atoms. The molecule has 0 aliphatic heterocycles. The van der Waals surface area contributed by atoms with Gasteiger partial charge in [-0.1, -0.05) is 6.92 Å². The first-order valence-corrected chi connectivity index (χ1v) is 5.82. The quantitative estimate of drug-likeness (QED) is 0.769. The zero-order chi connectivity index (χ0) is 12.0. The molecule has 0 aromatic carbocycles. The van der Waals surface area contributed by atoms with Crippen LogP contribution in [0.1, 0.15) is 44.0 Å². The number of rotatable bonds is 5. The Morgan fingerprint density at radius 1 is 1.56 bits per heavy atom. The zero-order valence-corrected chi connectivity index (χ0v) is 10.7. The largest absolute Gasteiger partial charge is 0.309 e. The van der Waals surface area contributed by atoms with Gasteiger partial charge in [0.05, 0.1) is 5.69 Å². The summed E-state index contributed by atoms with van der Waals surface area (Å²) < 4.78 is 1.87. The third-order valence-electron chi connectivity index (χ3n) is 2.55. The molecule has 1 N–H and O–H groups in total. The van der Waals surface area contributed by atoms with E-state index in [-0.39, 0.29) is 0 Å². The third-order valence-corrected chi connectivity index (χ3v) is 2.55. The van der Waals surface area contributed by atoms with Crippen molar-refractivity contribution in [1.82, 2.24) is 15.1 Å². The Morgan fingerprint density at radius 2 is 2.31 bits per heavy atom. The average Bonchev–Trinajstić information content (AvgIpc) is 2.58. The fourth-order valence-electron chi connectivity index (χ4n) is 1.77. The van der Waals surface area contributed by atoms with Crippen molar-refractivity contribution in [3.05, 3.63) is 17.5 Å². The van der Waals surface area contributed by atoms with E-state index in [1.807, 2.05) is 18.7 Å². The van der Waals surface area contributed by atoms with Crippen LogP contribution in [0.5, 0.6) is 0 Å². The fourth-order valence-corrected chi connectivity index (χ4v) is 1.77. The van der Waals surface area contributed by atoms with E-state index < -0.39 is 0 Å². The van der Waals surface area contributed by atoms with E-state index >= 15 is 0 Å². The molecule has 1 aromatic rings. The number of hydrogen-bond acceptors (Lipinski definition) is 2. The van der Waals surface area contributed by atoms with Gasteiger partial charge in [-0.15, -0.1) is 11.8 Å². The van der Waals surface area contributed by atoms with Crippen LogP contribution < -0.4 is 5.32 Å². The van der Waals surface area contributed by atoms with Crippen molar-refractivity contribution in [2.75, 3.05) is 6.54 Å². The van der Waals surface area contributed by atoms with Crippen LogP contribution in [-0.4, -0.2) is 16.3 Å². The highest BCUT2D eigenvalue weighted by Crippen LogP contribution is 2.19. The number of nitrogens with zero attached hydrogens (tertiary/aromatic N) is 2. The summed E-state index contributed by atoms with van der Waals surface area (Å²) >= 11 is 0. The highest BCUT2D eigenvalue weighted by Gasteiger charge is 2.14. The monoisotopic (exact) mass is 219 g/mol. The summed E-state index contributed by atoms with van der Waals surface area (Å²) in [5, 5.41) is 7.90. The summed E-state index contributed by atoms with van der Waals surface area (Å²) in [6.45, 7) is 7.12. The van der Waals surface area contributed by atoms with Crippen LogP contribution in [0.15, 0.2) is 6.20 Å². The molecule has 0 fully saturated rings. The Hall–Kier alpha value is -1.27. The topological polar surface area (TPSA) is 29.9 Å². The van der Waals surface area contributed by atoms with Gasteiger partial charge in [-0.2, -0.15) is 5.10 Å². The molecule has 0 aliphatic rings. The normalized spacial score (nSPS) is 12.0. The van der Waals surface area contributed by atoms with Gasteiger partial charge >= 0.3 is 0 Å². The van der Waals surface area contributed by atoms with Crippen LogP contribution in [0.2, 0.25) is 0 Å². The lowest BCUT2D eigenvalue weighted by Gasteiger charge is -2.15.